The predicted molar refractivity (Wildman–Crippen MR) is 76.0 cm³/mol. The summed E-state index contributed by atoms with van der Waals surface area (Å²) < 4.78 is 5.06. The van der Waals surface area contributed by atoms with Gasteiger partial charge in [0.1, 0.15) is 5.76 Å². The molecule has 1 saturated heterocycles. The van der Waals surface area contributed by atoms with Crippen LogP contribution in [0.4, 0.5) is 5.95 Å². The van der Waals surface area contributed by atoms with Crippen LogP contribution in [0.2, 0.25) is 0 Å². The van der Waals surface area contributed by atoms with Crippen molar-refractivity contribution in [2.45, 2.75) is 25.8 Å². The van der Waals surface area contributed by atoms with Crippen molar-refractivity contribution in [1.82, 2.24) is 20.3 Å². The zero-order valence-electron chi connectivity index (χ0n) is 11.8. The number of hydrogen-bond donors (Lipinski definition) is 1. The minimum atomic E-state index is -0.193. The minimum absolute atomic E-state index is 0.0613. The van der Waals surface area contributed by atoms with Crippen LogP contribution in [0.3, 0.4) is 0 Å². The lowest BCUT2D eigenvalue weighted by Gasteiger charge is -2.32. The number of carbonyl (C=O) groups is 1. The highest BCUT2D eigenvalue weighted by atomic mass is 16.3. The maximum absolute atomic E-state index is 12.2. The molecule has 7 heteroatoms. The first-order valence-corrected chi connectivity index (χ1v) is 6.97. The van der Waals surface area contributed by atoms with E-state index in [2.05, 4.69) is 25.2 Å². The number of rotatable bonds is 3. The van der Waals surface area contributed by atoms with Crippen LogP contribution >= 0.6 is 0 Å². The second kappa shape index (κ2) is 5.90. The minimum Gasteiger partial charge on any atom is -0.448 e. The summed E-state index contributed by atoms with van der Waals surface area (Å²) in [6.07, 6.45) is 6.66. The van der Waals surface area contributed by atoms with Crippen molar-refractivity contribution < 1.29 is 9.21 Å². The van der Waals surface area contributed by atoms with Crippen molar-refractivity contribution in [3.05, 3.63) is 36.3 Å². The molecule has 0 radical (unpaired) electrons. The molecule has 0 saturated carbocycles. The van der Waals surface area contributed by atoms with Gasteiger partial charge in [-0.2, -0.15) is 0 Å². The molecule has 1 unspecified atom stereocenters. The SMILES string of the molecule is Cc1ocnc1C(=O)NC1CCCN(c2ncccn2)C1. The van der Waals surface area contributed by atoms with Gasteiger partial charge in [0.05, 0.1) is 0 Å². The summed E-state index contributed by atoms with van der Waals surface area (Å²) in [4.78, 5) is 26.7. The van der Waals surface area contributed by atoms with E-state index >= 15 is 0 Å². The van der Waals surface area contributed by atoms with Gasteiger partial charge in [0.15, 0.2) is 12.1 Å². The second-order valence-corrected chi connectivity index (χ2v) is 5.06. The Hall–Kier alpha value is -2.44. The smallest absolute Gasteiger partial charge is 0.273 e. The van der Waals surface area contributed by atoms with Crippen LogP contribution < -0.4 is 10.2 Å². The fraction of sp³-hybridized carbons (Fsp3) is 0.429. The van der Waals surface area contributed by atoms with E-state index in [0.29, 0.717) is 23.9 Å². The third kappa shape index (κ3) is 3.01. The van der Waals surface area contributed by atoms with E-state index in [-0.39, 0.29) is 11.9 Å². The molecule has 1 atom stereocenters. The number of carbonyl (C=O) groups excluding carboxylic acids is 1. The number of anilines is 1. The molecule has 0 aromatic carbocycles. The Morgan fingerprint density at radius 1 is 1.38 bits per heavy atom. The fourth-order valence-corrected chi connectivity index (χ4v) is 2.51. The summed E-state index contributed by atoms with van der Waals surface area (Å²) in [7, 11) is 0. The van der Waals surface area contributed by atoms with Crippen LogP contribution in [0, 0.1) is 6.92 Å². The van der Waals surface area contributed by atoms with E-state index in [1.807, 2.05) is 0 Å². The largest absolute Gasteiger partial charge is 0.448 e. The maximum atomic E-state index is 12.2. The van der Waals surface area contributed by atoms with Gasteiger partial charge in [0.25, 0.3) is 5.91 Å². The second-order valence-electron chi connectivity index (χ2n) is 5.06. The Balaban J connectivity index is 1.64. The normalized spacial score (nSPS) is 18.5. The average molecular weight is 287 g/mol. The molecule has 2 aromatic heterocycles. The number of aryl methyl sites for hydroxylation is 1. The molecule has 2 aromatic rings. The summed E-state index contributed by atoms with van der Waals surface area (Å²) >= 11 is 0. The number of nitrogens with zero attached hydrogens (tertiary/aromatic N) is 4. The third-order valence-electron chi connectivity index (χ3n) is 3.55. The number of nitrogens with one attached hydrogen (secondary N) is 1. The Labute approximate surface area is 122 Å². The molecule has 1 N–H and O–H groups in total. The monoisotopic (exact) mass is 287 g/mol. The zero-order valence-corrected chi connectivity index (χ0v) is 11.8. The third-order valence-corrected chi connectivity index (χ3v) is 3.55. The van der Waals surface area contributed by atoms with Gasteiger partial charge in [0, 0.05) is 31.5 Å². The molecule has 0 bridgehead atoms. The van der Waals surface area contributed by atoms with Crippen LogP contribution in [0.1, 0.15) is 29.1 Å². The highest BCUT2D eigenvalue weighted by Crippen LogP contribution is 2.16. The summed E-state index contributed by atoms with van der Waals surface area (Å²) in [6.45, 7) is 3.33. The van der Waals surface area contributed by atoms with E-state index in [1.54, 1.807) is 25.4 Å². The van der Waals surface area contributed by atoms with Gasteiger partial charge in [-0.1, -0.05) is 0 Å². The molecule has 0 spiro atoms. The lowest BCUT2D eigenvalue weighted by atomic mass is 10.1. The van der Waals surface area contributed by atoms with Crippen LogP contribution in [-0.2, 0) is 0 Å². The van der Waals surface area contributed by atoms with Crippen molar-refractivity contribution in [3.8, 4) is 0 Å². The number of piperidine rings is 1. The van der Waals surface area contributed by atoms with E-state index in [1.165, 1.54) is 6.39 Å². The molecule has 1 amide bonds. The van der Waals surface area contributed by atoms with Crippen LogP contribution in [0.15, 0.2) is 29.3 Å². The first-order valence-electron chi connectivity index (χ1n) is 6.97. The van der Waals surface area contributed by atoms with Gasteiger partial charge in [-0.3, -0.25) is 4.79 Å². The molecule has 3 heterocycles. The molecular formula is C14H17N5O2. The molecule has 7 nitrogen and oxygen atoms in total. The molecule has 110 valence electrons. The predicted octanol–water partition coefficient (Wildman–Crippen LogP) is 1.17. The number of hydrogen-bond acceptors (Lipinski definition) is 6. The van der Waals surface area contributed by atoms with Crippen molar-refractivity contribution in [2.75, 3.05) is 18.0 Å². The van der Waals surface area contributed by atoms with Crippen molar-refractivity contribution in [2.24, 2.45) is 0 Å². The number of oxazole rings is 1. The summed E-state index contributed by atoms with van der Waals surface area (Å²) in [5.41, 5.74) is 0.350. The summed E-state index contributed by atoms with van der Waals surface area (Å²) in [6, 6.07) is 1.85. The Morgan fingerprint density at radius 3 is 2.90 bits per heavy atom. The van der Waals surface area contributed by atoms with E-state index in [4.69, 9.17) is 4.42 Å². The standard InChI is InChI=1S/C14H17N5O2/c1-10-12(17-9-21-10)13(20)18-11-4-2-7-19(8-11)14-15-5-3-6-16-14/h3,5-6,9,11H,2,4,7-8H2,1H3,(H,18,20). The lowest BCUT2D eigenvalue weighted by Crippen LogP contribution is -2.48. The lowest BCUT2D eigenvalue weighted by molar-refractivity contribution is 0.0927. The van der Waals surface area contributed by atoms with Gasteiger partial charge >= 0.3 is 0 Å². The molecular weight excluding hydrogens is 270 g/mol. The van der Waals surface area contributed by atoms with Crippen LogP contribution in [-0.4, -0.2) is 40.0 Å². The first-order chi connectivity index (χ1) is 10.2. The molecule has 1 fully saturated rings. The number of aromatic nitrogens is 3. The van der Waals surface area contributed by atoms with E-state index in [9.17, 15) is 4.79 Å². The quantitative estimate of drug-likeness (QED) is 0.912. The van der Waals surface area contributed by atoms with Crippen molar-refractivity contribution >= 4 is 11.9 Å². The van der Waals surface area contributed by atoms with Gasteiger partial charge in [-0.05, 0) is 25.8 Å². The first kappa shape index (κ1) is 13.5. The van der Waals surface area contributed by atoms with Gasteiger partial charge < -0.3 is 14.6 Å². The average Bonchev–Trinajstić information content (AvgIpc) is 2.95. The number of amides is 1. The molecule has 0 aliphatic carbocycles. The molecule has 3 rings (SSSR count). The molecule has 21 heavy (non-hydrogen) atoms. The van der Waals surface area contributed by atoms with Gasteiger partial charge in [-0.15, -0.1) is 0 Å². The fourth-order valence-electron chi connectivity index (χ4n) is 2.51. The maximum Gasteiger partial charge on any atom is 0.273 e. The Morgan fingerprint density at radius 2 is 2.19 bits per heavy atom. The Bertz CT molecular complexity index is 613. The molecule has 1 aliphatic heterocycles. The highest BCUT2D eigenvalue weighted by Gasteiger charge is 2.24. The highest BCUT2D eigenvalue weighted by molar-refractivity contribution is 5.93. The zero-order chi connectivity index (χ0) is 14.7. The summed E-state index contributed by atoms with van der Waals surface area (Å²) in [5.74, 6) is 1.04. The van der Waals surface area contributed by atoms with Crippen molar-refractivity contribution in [1.29, 1.82) is 0 Å². The van der Waals surface area contributed by atoms with Gasteiger partial charge in [0.2, 0.25) is 5.95 Å². The summed E-state index contributed by atoms with van der Waals surface area (Å²) in [5, 5.41) is 3.00. The van der Waals surface area contributed by atoms with Crippen molar-refractivity contribution in [3.63, 3.8) is 0 Å². The van der Waals surface area contributed by atoms with Crippen LogP contribution in [0.5, 0.6) is 0 Å². The Kier molecular flexibility index (Phi) is 3.81. The van der Waals surface area contributed by atoms with E-state index in [0.717, 1.165) is 19.4 Å². The van der Waals surface area contributed by atoms with E-state index < -0.39 is 0 Å². The van der Waals surface area contributed by atoms with Gasteiger partial charge in [-0.25, -0.2) is 15.0 Å². The molecule has 1 aliphatic rings. The van der Waals surface area contributed by atoms with Crippen LogP contribution in [0.25, 0.3) is 0 Å². The topological polar surface area (TPSA) is 84.2 Å².